The molecule has 2 aliphatic heterocycles. The third kappa shape index (κ3) is 4.20. The van der Waals surface area contributed by atoms with Crippen LogP contribution in [0, 0.1) is 5.92 Å². The zero-order chi connectivity index (χ0) is 19.2. The maximum atomic E-state index is 12.6. The number of piperidine rings is 1. The zero-order valence-corrected chi connectivity index (χ0v) is 16.0. The van der Waals surface area contributed by atoms with Crippen molar-refractivity contribution in [3.63, 3.8) is 0 Å². The first-order chi connectivity index (χ1) is 13.8. The van der Waals surface area contributed by atoms with Gasteiger partial charge in [0.25, 0.3) is 5.91 Å². The molecule has 2 fully saturated rings. The number of pyridine rings is 1. The van der Waals surface area contributed by atoms with E-state index in [4.69, 9.17) is 9.47 Å². The van der Waals surface area contributed by atoms with E-state index in [1.165, 1.54) is 6.20 Å². The van der Waals surface area contributed by atoms with Gasteiger partial charge in [0.1, 0.15) is 5.69 Å². The summed E-state index contributed by atoms with van der Waals surface area (Å²) in [5.41, 5.74) is 1.24. The fraction of sp³-hybridized carbons (Fsp3) is 0.524. The average Bonchev–Trinajstić information content (AvgIpc) is 3.14. The smallest absolute Gasteiger partial charge is 0.274 e. The highest BCUT2D eigenvalue weighted by Gasteiger charge is 2.46. The van der Waals surface area contributed by atoms with E-state index in [2.05, 4.69) is 15.0 Å². The lowest BCUT2D eigenvalue weighted by molar-refractivity contribution is -0.0676. The summed E-state index contributed by atoms with van der Waals surface area (Å²) in [5, 5.41) is 0. The molecule has 0 saturated carbocycles. The predicted octanol–water partition coefficient (Wildman–Crippen LogP) is 2.49. The first-order valence-electron chi connectivity index (χ1n) is 9.94. The van der Waals surface area contributed by atoms with Gasteiger partial charge in [0, 0.05) is 44.9 Å². The minimum atomic E-state index is -0.118. The van der Waals surface area contributed by atoms with E-state index in [0.717, 1.165) is 38.0 Å². The number of carbonyl (C=O) groups excluding carboxylic acids is 1. The fourth-order valence-corrected chi connectivity index (χ4v) is 4.29. The Morgan fingerprint density at radius 3 is 2.86 bits per heavy atom. The molecule has 4 rings (SSSR count). The number of nitrogens with zero attached hydrogens (tertiary/aromatic N) is 4. The fourth-order valence-electron chi connectivity index (χ4n) is 4.29. The van der Waals surface area contributed by atoms with Gasteiger partial charge in [-0.25, -0.2) is 4.98 Å². The second-order valence-electron chi connectivity index (χ2n) is 7.44. The van der Waals surface area contributed by atoms with Crippen molar-refractivity contribution in [1.29, 1.82) is 0 Å². The summed E-state index contributed by atoms with van der Waals surface area (Å²) < 4.78 is 12.0. The number of carbonyl (C=O) groups is 1. The molecular formula is C21H26N4O3. The topological polar surface area (TPSA) is 77.4 Å². The van der Waals surface area contributed by atoms with E-state index in [1.54, 1.807) is 18.6 Å². The van der Waals surface area contributed by atoms with Gasteiger partial charge >= 0.3 is 0 Å². The summed E-state index contributed by atoms with van der Waals surface area (Å²) in [6.07, 6.45) is 10.2. The van der Waals surface area contributed by atoms with Gasteiger partial charge in [0.15, 0.2) is 0 Å². The molecule has 1 atom stereocenters. The van der Waals surface area contributed by atoms with Gasteiger partial charge in [-0.15, -0.1) is 0 Å². The molecular weight excluding hydrogens is 356 g/mol. The summed E-state index contributed by atoms with van der Waals surface area (Å²) in [6, 6.07) is 5.86. The lowest BCUT2D eigenvalue weighted by atomic mass is 9.78. The summed E-state index contributed by atoms with van der Waals surface area (Å²) in [4.78, 5) is 26.9. The van der Waals surface area contributed by atoms with Gasteiger partial charge in [-0.3, -0.25) is 14.8 Å². The SMILES string of the molecule is O=C(c1cnccn1)N1CCC2(CC1)OCC[C@@H]2CCOCc1ccccn1. The number of ether oxygens (including phenoxy) is 2. The Kier molecular flexibility index (Phi) is 5.92. The van der Waals surface area contributed by atoms with Crippen LogP contribution in [0.2, 0.25) is 0 Å². The quantitative estimate of drug-likeness (QED) is 0.715. The van der Waals surface area contributed by atoms with Crippen LogP contribution in [0.1, 0.15) is 41.9 Å². The molecule has 4 heterocycles. The largest absolute Gasteiger partial charge is 0.375 e. The summed E-state index contributed by atoms with van der Waals surface area (Å²) in [6.45, 7) is 3.43. The number of likely N-dealkylation sites (tertiary alicyclic amines) is 1. The van der Waals surface area contributed by atoms with E-state index < -0.39 is 0 Å². The summed E-state index contributed by atoms with van der Waals surface area (Å²) in [7, 11) is 0. The molecule has 0 radical (unpaired) electrons. The van der Waals surface area contributed by atoms with Crippen LogP contribution in [-0.4, -0.2) is 57.7 Å². The van der Waals surface area contributed by atoms with Crippen LogP contribution in [0.15, 0.2) is 43.0 Å². The molecule has 1 spiro atoms. The molecule has 7 nitrogen and oxygen atoms in total. The van der Waals surface area contributed by atoms with Crippen molar-refractivity contribution < 1.29 is 14.3 Å². The molecule has 28 heavy (non-hydrogen) atoms. The van der Waals surface area contributed by atoms with Gasteiger partial charge in [-0.1, -0.05) is 6.07 Å². The maximum Gasteiger partial charge on any atom is 0.274 e. The third-order valence-electron chi connectivity index (χ3n) is 5.87. The van der Waals surface area contributed by atoms with E-state index in [9.17, 15) is 4.79 Å². The van der Waals surface area contributed by atoms with Gasteiger partial charge in [-0.2, -0.15) is 0 Å². The highest BCUT2D eigenvalue weighted by molar-refractivity contribution is 5.92. The normalized spacial score (nSPS) is 21.1. The first kappa shape index (κ1) is 19.0. The van der Waals surface area contributed by atoms with E-state index >= 15 is 0 Å². The van der Waals surface area contributed by atoms with Crippen LogP contribution in [0.5, 0.6) is 0 Å². The number of hydrogen-bond donors (Lipinski definition) is 0. The Hall–Kier alpha value is -2.38. The van der Waals surface area contributed by atoms with Crippen molar-refractivity contribution in [3.05, 3.63) is 54.4 Å². The standard InChI is InChI=1S/C21H26N4O3/c26-20(19-15-22-9-10-24-19)25-11-6-21(7-12-25)17(5-14-28-21)4-13-27-16-18-3-1-2-8-23-18/h1-3,8-10,15,17H,4-7,11-14,16H2/t17-/m0/s1. The predicted molar refractivity (Wildman–Crippen MR) is 102 cm³/mol. The van der Waals surface area contributed by atoms with Crippen molar-refractivity contribution in [3.8, 4) is 0 Å². The van der Waals surface area contributed by atoms with Crippen LogP contribution in [0.25, 0.3) is 0 Å². The minimum absolute atomic E-state index is 0.0452. The van der Waals surface area contributed by atoms with E-state index in [0.29, 0.717) is 37.9 Å². The van der Waals surface area contributed by atoms with Crippen molar-refractivity contribution in [2.24, 2.45) is 5.92 Å². The van der Waals surface area contributed by atoms with Crippen molar-refractivity contribution in [2.75, 3.05) is 26.3 Å². The van der Waals surface area contributed by atoms with Gasteiger partial charge in [0.2, 0.25) is 0 Å². The molecule has 2 aromatic rings. The monoisotopic (exact) mass is 382 g/mol. The molecule has 2 saturated heterocycles. The molecule has 148 valence electrons. The molecule has 1 amide bonds. The number of amides is 1. The molecule has 0 bridgehead atoms. The van der Waals surface area contributed by atoms with Gasteiger partial charge < -0.3 is 14.4 Å². The van der Waals surface area contributed by atoms with Crippen LogP contribution in [0.3, 0.4) is 0 Å². The second-order valence-corrected chi connectivity index (χ2v) is 7.44. The number of aromatic nitrogens is 3. The first-order valence-corrected chi connectivity index (χ1v) is 9.94. The Balaban J connectivity index is 1.27. The Morgan fingerprint density at radius 1 is 1.21 bits per heavy atom. The molecule has 2 aromatic heterocycles. The van der Waals surface area contributed by atoms with Crippen molar-refractivity contribution in [2.45, 2.75) is 37.9 Å². The molecule has 7 heteroatoms. The highest BCUT2D eigenvalue weighted by atomic mass is 16.5. The molecule has 0 aromatic carbocycles. The lowest BCUT2D eigenvalue weighted by Crippen LogP contribution is -2.49. The Labute approximate surface area is 165 Å². The zero-order valence-electron chi connectivity index (χ0n) is 16.0. The van der Waals surface area contributed by atoms with Crippen molar-refractivity contribution in [1.82, 2.24) is 19.9 Å². The summed E-state index contributed by atoms with van der Waals surface area (Å²) >= 11 is 0. The van der Waals surface area contributed by atoms with Crippen molar-refractivity contribution >= 4 is 5.91 Å². The lowest BCUT2D eigenvalue weighted by Gasteiger charge is -2.42. The minimum Gasteiger partial charge on any atom is -0.375 e. The average molecular weight is 382 g/mol. The highest BCUT2D eigenvalue weighted by Crippen LogP contribution is 2.42. The maximum absolute atomic E-state index is 12.6. The van der Waals surface area contributed by atoms with Crippen LogP contribution >= 0.6 is 0 Å². The van der Waals surface area contributed by atoms with E-state index in [1.807, 2.05) is 23.1 Å². The number of rotatable bonds is 6. The number of hydrogen-bond acceptors (Lipinski definition) is 6. The molecule has 0 unspecified atom stereocenters. The van der Waals surface area contributed by atoms with Crippen LogP contribution in [0.4, 0.5) is 0 Å². The van der Waals surface area contributed by atoms with Crippen LogP contribution < -0.4 is 0 Å². The van der Waals surface area contributed by atoms with Crippen LogP contribution in [-0.2, 0) is 16.1 Å². The Morgan fingerprint density at radius 2 is 2.11 bits per heavy atom. The molecule has 0 aliphatic carbocycles. The Bertz CT molecular complexity index is 764. The molecule has 2 aliphatic rings. The molecule has 0 N–H and O–H groups in total. The van der Waals surface area contributed by atoms with E-state index in [-0.39, 0.29) is 11.5 Å². The third-order valence-corrected chi connectivity index (χ3v) is 5.87. The van der Waals surface area contributed by atoms with Gasteiger partial charge in [0.05, 0.1) is 24.1 Å². The summed E-state index contributed by atoms with van der Waals surface area (Å²) in [5.74, 6) is 0.432. The van der Waals surface area contributed by atoms with Gasteiger partial charge in [-0.05, 0) is 43.7 Å². The second kappa shape index (κ2) is 8.75.